The lowest BCUT2D eigenvalue weighted by Crippen LogP contribution is -2.57. The summed E-state index contributed by atoms with van der Waals surface area (Å²) in [4.78, 5) is 13.7. The highest BCUT2D eigenvalue weighted by Gasteiger charge is 2.40. The van der Waals surface area contributed by atoms with E-state index in [0.717, 1.165) is 24.1 Å². The first-order valence-corrected chi connectivity index (χ1v) is 17.0. The Bertz CT molecular complexity index is 1430. The summed E-state index contributed by atoms with van der Waals surface area (Å²) in [5, 5.41) is 6.56. The van der Waals surface area contributed by atoms with Gasteiger partial charge in [-0.15, -0.1) is 0 Å². The van der Waals surface area contributed by atoms with Crippen molar-refractivity contribution < 1.29 is 26.7 Å². The molecule has 0 aliphatic carbocycles. The molecule has 0 aromatic heterocycles. The van der Waals surface area contributed by atoms with Crippen LogP contribution in [0.25, 0.3) is 0 Å². The van der Waals surface area contributed by atoms with Crippen LogP contribution in [0.5, 0.6) is 0 Å². The summed E-state index contributed by atoms with van der Waals surface area (Å²) >= 11 is 6.14. The van der Waals surface area contributed by atoms with Gasteiger partial charge in [0, 0.05) is 48.3 Å². The van der Waals surface area contributed by atoms with Gasteiger partial charge in [0.05, 0.1) is 23.1 Å². The summed E-state index contributed by atoms with van der Waals surface area (Å²) in [6, 6.07) is 7.80. The molecule has 0 saturated carbocycles. The number of fused-ring (bicyclic) bond motifs is 2. The van der Waals surface area contributed by atoms with Crippen LogP contribution >= 0.6 is 11.6 Å². The molecule has 5 rings (SSSR count). The number of hydrogen-bond acceptors (Lipinski definition) is 6. The van der Waals surface area contributed by atoms with Crippen molar-refractivity contribution in [1.82, 2.24) is 9.62 Å². The summed E-state index contributed by atoms with van der Waals surface area (Å²) in [6.07, 6.45) is 3.01. The van der Waals surface area contributed by atoms with Crippen LogP contribution in [0.1, 0.15) is 63.0 Å². The van der Waals surface area contributed by atoms with E-state index in [4.69, 9.17) is 22.1 Å². The van der Waals surface area contributed by atoms with E-state index in [9.17, 15) is 13.2 Å². The second kappa shape index (κ2) is 13.1. The average molecular weight is 639 g/mol. The number of sulfonamides is 1. The van der Waals surface area contributed by atoms with Crippen molar-refractivity contribution in [2.75, 3.05) is 30.8 Å². The van der Waals surface area contributed by atoms with E-state index in [1.165, 1.54) is 4.31 Å². The van der Waals surface area contributed by atoms with Crippen LogP contribution < -0.4 is 16.4 Å². The minimum absolute atomic E-state index is 0.000651. The number of nitrogens with one attached hydrogen (secondary N) is 2. The van der Waals surface area contributed by atoms with Gasteiger partial charge in [-0.25, -0.2) is 17.2 Å². The van der Waals surface area contributed by atoms with Crippen molar-refractivity contribution in [2.24, 2.45) is 11.7 Å². The molecule has 3 aliphatic heterocycles. The van der Waals surface area contributed by atoms with Crippen LogP contribution in [0.2, 0.25) is 5.02 Å². The molecule has 236 valence electrons. The standard InChI is InChI=1S/C31H41ClF2N4O4S/c1-31(2)16-20(13-14-42-31)27(19-5-7-21(32)8-6-19)28(35)30(39)37-29-24(25(33)11-12-26(29)34)10-9-23-17-36-22-4-3-15-43(40,41)38(23)18-22/h5-8,11-12,20,22-23,27-28,36H,3-4,9-10,13-18,35H2,1-2H3,(H,37,39). The van der Waals surface area contributed by atoms with Crippen LogP contribution in [0, 0.1) is 17.6 Å². The Kier molecular flexibility index (Phi) is 9.80. The van der Waals surface area contributed by atoms with E-state index in [1.54, 1.807) is 12.1 Å². The molecule has 6 unspecified atom stereocenters. The van der Waals surface area contributed by atoms with E-state index in [0.29, 0.717) is 44.0 Å². The maximum atomic E-state index is 15.3. The third-order valence-corrected chi connectivity index (χ3v) is 11.3. The molecule has 2 aromatic rings. The zero-order chi connectivity index (χ0) is 30.9. The molecule has 3 aliphatic rings. The Labute approximate surface area is 257 Å². The number of halogens is 3. The average Bonchev–Trinajstić information content (AvgIpc) is 3.07. The molecule has 3 saturated heterocycles. The predicted octanol–water partition coefficient (Wildman–Crippen LogP) is 4.57. The van der Waals surface area contributed by atoms with E-state index in [-0.39, 0.29) is 41.8 Å². The number of rotatable bonds is 8. The maximum absolute atomic E-state index is 15.3. The fourth-order valence-corrected chi connectivity index (χ4v) is 8.88. The lowest BCUT2D eigenvalue weighted by atomic mass is 9.73. The fourth-order valence-electron chi connectivity index (χ4n) is 6.94. The molecule has 3 fully saturated rings. The van der Waals surface area contributed by atoms with Crippen molar-refractivity contribution in [3.63, 3.8) is 0 Å². The Morgan fingerprint density at radius 3 is 2.63 bits per heavy atom. The summed E-state index contributed by atoms with van der Waals surface area (Å²) in [6.45, 7) is 5.31. The molecular formula is C31H41ClF2N4O4S. The van der Waals surface area contributed by atoms with Crippen molar-refractivity contribution in [2.45, 2.75) is 82.0 Å². The van der Waals surface area contributed by atoms with E-state index >= 15 is 8.78 Å². The summed E-state index contributed by atoms with van der Waals surface area (Å²) in [5.74, 6) is -2.43. The van der Waals surface area contributed by atoms with Crippen LogP contribution in [-0.2, 0) is 26.0 Å². The van der Waals surface area contributed by atoms with Gasteiger partial charge in [0.2, 0.25) is 15.9 Å². The molecule has 43 heavy (non-hydrogen) atoms. The van der Waals surface area contributed by atoms with Crippen LogP contribution in [-0.4, -0.2) is 67.8 Å². The number of amides is 1. The topological polar surface area (TPSA) is 114 Å². The van der Waals surface area contributed by atoms with Gasteiger partial charge in [-0.1, -0.05) is 23.7 Å². The number of ether oxygens (including phenoxy) is 1. The van der Waals surface area contributed by atoms with E-state index < -0.39 is 51.2 Å². The minimum atomic E-state index is -3.44. The number of carbonyl (C=O) groups is 1. The second-order valence-corrected chi connectivity index (χ2v) is 15.1. The largest absolute Gasteiger partial charge is 0.376 e. The van der Waals surface area contributed by atoms with Crippen LogP contribution in [0.3, 0.4) is 0 Å². The van der Waals surface area contributed by atoms with Gasteiger partial charge in [-0.2, -0.15) is 4.31 Å². The molecule has 6 atom stereocenters. The van der Waals surface area contributed by atoms with Crippen LogP contribution in [0.15, 0.2) is 36.4 Å². The fraction of sp³-hybridized carbons (Fsp3) is 0.581. The smallest absolute Gasteiger partial charge is 0.242 e. The highest BCUT2D eigenvalue weighted by atomic mass is 35.5. The molecule has 3 heterocycles. The second-order valence-electron chi connectivity index (χ2n) is 12.7. The van der Waals surface area contributed by atoms with Gasteiger partial charge >= 0.3 is 0 Å². The third kappa shape index (κ3) is 7.40. The van der Waals surface area contributed by atoms with Gasteiger partial charge < -0.3 is 21.1 Å². The molecule has 0 radical (unpaired) electrons. The molecular weight excluding hydrogens is 598 g/mol. The van der Waals surface area contributed by atoms with Gasteiger partial charge in [0.15, 0.2) is 0 Å². The molecule has 12 heteroatoms. The van der Waals surface area contributed by atoms with Gasteiger partial charge in [-0.3, -0.25) is 4.79 Å². The number of piperazine rings is 1. The molecule has 2 bridgehead atoms. The van der Waals surface area contributed by atoms with Crippen molar-refractivity contribution in [1.29, 1.82) is 0 Å². The lowest BCUT2D eigenvalue weighted by molar-refractivity contribution is -0.119. The van der Waals surface area contributed by atoms with Crippen molar-refractivity contribution in [3.05, 3.63) is 64.2 Å². The highest BCUT2D eigenvalue weighted by molar-refractivity contribution is 7.89. The Morgan fingerprint density at radius 2 is 1.91 bits per heavy atom. The SMILES string of the molecule is CC1(C)CC(C(c2ccc(Cl)cc2)C(N)C(=O)Nc2c(F)ccc(F)c2CCC2CNC3CCCS(=O)(=O)N2C3)CCO1. The minimum Gasteiger partial charge on any atom is -0.376 e. The zero-order valence-corrected chi connectivity index (χ0v) is 26.2. The normalized spacial score (nSPS) is 28.0. The number of benzene rings is 2. The Balaban J connectivity index is 1.37. The number of carbonyl (C=O) groups excluding carboxylic acids is 1. The number of hydrogen-bond donors (Lipinski definition) is 3. The Hall–Kier alpha value is -2.15. The quantitative estimate of drug-likeness (QED) is 0.390. The van der Waals surface area contributed by atoms with Crippen LogP contribution in [0.4, 0.5) is 14.5 Å². The first-order valence-electron chi connectivity index (χ1n) is 15.0. The molecule has 2 aromatic carbocycles. The monoisotopic (exact) mass is 638 g/mol. The first kappa shape index (κ1) is 32.2. The van der Waals surface area contributed by atoms with Gasteiger partial charge in [0.25, 0.3) is 0 Å². The molecule has 4 N–H and O–H groups in total. The number of nitrogens with two attached hydrogens (primary N) is 1. The van der Waals surface area contributed by atoms with E-state index in [2.05, 4.69) is 10.6 Å². The van der Waals surface area contributed by atoms with Gasteiger partial charge in [-0.05, 0) is 88.1 Å². The maximum Gasteiger partial charge on any atom is 0.242 e. The van der Waals surface area contributed by atoms with Crippen molar-refractivity contribution in [3.8, 4) is 0 Å². The molecule has 0 spiro atoms. The zero-order valence-electron chi connectivity index (χ0n) is 24.6. The summed E-state index contributed by atoms with van der Waals surface area (Å²) in [5.41, 5.74) is 6.80. The molecule has 8 nitrogen and oxygen atoms in total. The predicted molar refractivity (Wildman–Crippen MR) is 164 cm³/mol. The van der Waals surface area contributed by atoms with Gasteiger partial charge in [0.1, 0.15) is 11.6 Å². The van der Waals surface area contributed by atoms with E-state index in [1.807, 2.05) is 26.0 Å². The van der Waals surface area contributed by atoms with Crippen molar-refractivity contribution >= 4 is 33.2 Å². The Morgan fingerprint density at radius 1 is 1.19 bits per heavy atom. The number of anilines is 1. The third-order valence-electron chi connectivity index (χ3n) is 9.13. The summed E-state index contributed by atoms with van der Waals surface area (Å²) in [7, 11) is -3.44. The molecule has 1 amide bonds. The number of nitrogens with zero attached hydrogens (tertiary/aromatic N) is 1. The lowest BCUT2D eigenvalue weighted by Gasteiger charge is -2.41. The first-order chi connectivity index (χ1) is 20.3. The highest BCUT2D eigenvalue weighted by Crippen LogP contribution is 2.40. The summed E-state index contributed by atoms with van der Waals surface area (Å²) < 4.78 is 63.7.